The van der Waals surface area contributed by atoms with Crippen molar-refractivity contribution in [3.05, 3.63) is 107 Å². The number of hydrogen-bond acceptors (Lipinski definition) is 9. The molecule has 0 aliphatic heterocycles. The third kappa shape index (κ3) is 6.99. The highest BCUT2D eigenvalue weighted by atomic mass is 35.5. The zero-order valence-corrected chi connectivity index (χ0v) is 32.3. The Morgan fingerprint density at radius 2 is 1.23 bits per heavy atom. The number of benzene rings is 3. The van der Waals surface area contributed by atoms with E-state index in [2.05, 4.69) is 0 Å². The largest absolute Gasteiger partial charge is 0.500 e. The molecule has 1 aliphatic carbocycles. The smallest absolute Gasteiger partial charge is 0.344 e. The van der Waals surface area contributed by atoms with Crippen LogP contribution < -0.4 is 14.2 Å². The lowest BCUT2D eigenvalue weighted by atomic mass is 9.92. The van der Waals surface area contributed by atoms with Crippen molar-refractivity contribution in [2.75, 3.05) is 7.11 Å². The quantitative estimate of drug-likeness (QED) is 0.168. The molecule has 274 valence electrons. The van der Waals surface area contributed by atoms with Gasteiger partial charge in [-0.05, 0) is 149 Å². The minimum absolute atomic E-state index is 0.0495. The summed E-state index contributed by atoms with van der Waals surface area (Å²) in [6, 6.07) is 1.62. The number of carboxylic acid groups (broad SMARTS) is 1. The van der Waals surface area contributed by atoms with Crippen LogP contribution in [-0.4, -0.2) is 41.9 Å². The standard InChI is InChI=1S/C41H43ClO10/c1-13-28-25(10)31(39(46)51-36-22(7)19(4)33(38(44)45)20(5)23(36)8)18(3)15-29(28)50-41(48)34-21(6)24(9)37(35(42)26(34)11)52-40(47)32-17(2)14-27(43)16-30(32)49-12/h14-16,32H,13H2,1-12H3,(H,44,45). The van der Waals surface area contributed by atoms with Crippen LogP contribution in [0.4, 0.5) is 0 Å². The molecule has 0 saturated carbocycles. The van der Waals surface area contributed by atoms with Crippen LogP contribution in [0.25, 0.3) is 0 Å². The summed E-state index contributed by atoms with van der Waals surface area (Å²) >= 11 is 6.75. The molecule has 11 heteroatoms. The molecule has 1 aliphatic rings. The number of aromatic carboxylic acids is 1. The van der Waals surface area contributed by atoms with Gasteiger partial charge < -0.3 is 24.1 Å². The molecule has 4 rings (SSSR count). The van der Waals surface area contributed by atoms with Gasteiger partial charge in [-0.1, -0.05) is 18.5 Å². The van der Waals surface area contributed by atoms with E-state index in [1.165, 1.54) is 19.3 Å². The van der Waals surface area contributed by atoms with E-state index >= 15 is 0 Å². The van der Waals surface area contributed by atoms with Gasteiger partial charge in [0.2, 0.25) is 0 Å². The van der Waals surface area contributed by atoms with Crippen LogP contribution in [-0.2, 0) is 20.7 Å². The SMILES string of the molecule is CCc1c(OC(=O)c2c(C)c(C)c(OC(=O)C3C(C)=CC(=O)C=C3OC)c(Cl)c2C)cc(C)c(C(=O)Oc2c(C)c(C)c(C(=O)O)c(C)c2C)c1C. The van der Waals surface area contributed by atoms with Crippen LogP contribution in [0, 0.1) is 68.2 Å². The maximum Gasteiger partial charge on any atom is 0.344 e. The number of carboxylic acids is 1. The summed E-state index contributed by atoms with van der Waals surface area (Å²) in [5, 5.41) is 9.78. The van der Waals surface area contributed by atoms with Crippen LogP contribution in [0.2, 0.25) is 5.02 Å². The normalized spacial score (nSPS) is 14.0. The number of esters is 3. The first-order valence-corrected chi connectivity index (χ1v) is 17.1. The Morgan fingerprint density at radius 3 is 1.77 bits per heavy atom. The molecule has 3 aromatic rings. The number of aryl methyl sites for hydroxylation is 1. The Balaban J connectivity index is 1.68. The van der Waals surface area contributed by atoms with Gasteiger partial charge in [-0.2, -0.15) is 0 Å². The third-order valence-corrected chi connectivity index (χ3v) is 10.5. The van der Waals surface area contributed by atoms with E-state index in [0.29, 0.717) is 78.9 Å². The summed E-state index contributed by atoms with van der Waals surface area (Å²) in [7, 11) is 1.37. The minimum Gasteiger partial charge on any atom is -0.500 e. The highest BCUT2D eigenvalue weighted by Crippen LogP contribution is 2.40. The third-order valence-electron chi connectivity index (χ3n) is 10.0. The van der Waals surface area contributed by atoms with Gasteiger partial charge in [0.25, 0.3) is 0 Å². The number of carbonyl (C=O) groups excluding carboxylic acids is 4. The summed E-state index contributed by atoms with van der Waals surface area (Å²) in [5.74, 6) is -3.49. The van der Waals surface area contributed by atoms with Gasteiger partial charge in [-0.15, -0.1) is 0 Å². The molecule has 3 aromatic carbocycles. The summed E-state index contributed by atoms with van der Waals surface area (Å²) in [6.45, 7) is 18.8. The van der Waals surface area contributed by atoms with Gasteiger partial charge in [0.1, 0.15) is 23.2 Å². The lowest BCUT2D eigenvalue weighted by Crippen LogP contribution is -2.28. The van der Waals surface area contributed by atoms with Crippen molar-refractivity contribution in [1.29, 1.82) is 0 Å². The predicted octanol–water partition coefficient (Wildman–Crippen LogP) is 8.40. The van der Waals surface area contributed by atoms with Crippen LogP contribution in [0.1, 0.15) is 101 Å². The van der Waals surface area contributed by atoms with Crippen LogP contribution in [0.3, 0.4) is 0 Å². The molecule has 1 N–H and O–H groups in total. The van der Waals surface area contributed by atoms with Gasteiger partial charge in [0, 0.05) is 6.08 Å². The van der Waals surface area contributed by atoms with E-state index in [4.69, 9.17) is 30.5 Å². The van der Waals surface area contributed by atoms with E-state index in [1.807, 2.05) is 6.92 Å². The predicted molar refractivity (Wildman–Crippen MR) is 196 cm³/mol. The zero-order valence-electron chi connectivity index (χ0n) is 31.5. The molecule has 0 amide bonds. The number of ketones is 1. The summed E-state index contributed by atoms with van der Waals surface area (Å²) in [6.07, 6.45) is 2.99. The Kier molecular flexibility index (Phi) is 11.5. The minimum atomic E-state index is -1.05. The molecule has 0 radical (unpaired) electrons. The number of carbonyl (C=O) groups is 5. The molecule has 0 heterocycles. The fourth-order valence-corrected chi connectivity index (χ4v) is 7.10. The topological polar surface area (TPSA) is 142 Å². The second kappa shape index (κ2) is 15.2. The van der Waals surface area contributed by atoms with Gasteiger partial charge >= 0.3 is 23.9 Å². The number of hydrogen-bond donors (Lipinski definition) is 1. The molecule has 0 aromatic heterocycles. The Hall–Kier alpha value is -5.22. The molecule has 0 saturated heterocycles. The van der Waals surface area contributed by atoms with Crippen LogP contribution >= 0.6 is 11.6 Å². The number of halogens is 1. The Morgan fingerprint density at radius 1 is 0.692 bits per heavy atom. The monoisotopic (exact) mass is 730 g/mol. The van der Waals surface area contributed by atoms with Gasteiger partial charge in [-0.25, -0.2) is 14.4 Å². The molecule has 52 heavy (non-hydrogen) atoms. The Labute approximate surface area is 308 Å². The summed E-state index contributed by atoms with van der Waals surface area (Å²) in [4.78, 5) is 64.8. The number of methoxy groups -OCH3 is 1. The number of ether oxygens (including phenoxy) is 4. The lowest BCUT2D eigenvalue weighted by Gasteiger charge is -2.23. The zero-order chi connectivity index (χ0) is 39.1. The van der Waals surface area contributed by atoms with E-state index in [-0.39, 0.29) is 39.2 Å². The van der Waals surface area contributed by atoms with Crippen molar-refractivity contribution in [3.63, 3.8) is 0 Å². The van der Waals surface area contributed by atoms with Gasteiger partial charge in [-0.3, -0.25) is 9.59 Å². The second-order valence-electron chi connectivity index (χ2n) is 13.1. The summed E-state index contributed by atoms with van der Waals surface area (Å²) < 4.78 is 23.0. The van der Waals surface area contributed by atoms with Gasteiger partial charge in [0.05, 0.1) is 28.8 Å². The number of rotatable bonds is 9. The van der Waals surface area contributed by atoms with Crippen LogP contribution in [0.15, 0.2) is 29.6 Å². The average molecular weight is 731 g/mol. The molecule has 0 fully saturated rings. The molecule has 1 unspecified atom stereocenters. The fraction of sp³-hybridized carbons (Fsp3) is 0.341. The second-order valence-corrected chi connectivity index (χ2v) is 13.5. The van der Waals surface area contributed by atoms with Gasteiger partial charge in [0.15, 0.2) is 11.5 Å². The highest BCUT2D eigenvalue weighted by molar-refractivity contribution is 6.33. The molecule has 10 nitrogen and oxygen atoms in total. The maximum absolute atomic E-state index is 13.9. The van der Waals surface area contributed by atoms with E-state index in [1.54, 1.807) is 75.3 Å². The molecule has 0 spiro atoms. The first-order valence-electron chi connectivity index (χ1n) is 16.7. The highest BCUT2D eigenvalue weighted by Gasteiger charge is 2.34. The van der Waals surface area contributed by atoms with E-state index in [9.17, 15) is 29.1 Å². The van der Waals surface area contributed by atoms with E-state index < -0.39 is 29.8 Å². The molecule has 1 atom stereocenters. The van der Waals surface area contributed by atoms with Crippen molar-refractivity contribution in [2.45, 2.75) is 82.6 Å². The van der Waals surface area contributed by atoms with Crippen molar-refractivity contribution in [2.24, 2.45) is 5.92 Å². The average Bonchev–Trinajstić information content (AvgIpc) is 3.06. The molecular formula is C41H43ClO10. The molecular weight excluding hydrogens is 688 g/mol. The lowest BCUT2D eigenvalue weighted by molar-refractivity contribution is -0.137. The van der Waals surface area contributed by atoms with Crippen molar-refractivity contribution in [3.8, 4) is 17.2 Å². The van der Waals surface area contributed by atoms with Crippen molar-refractivity contribution in [1.82, 2.24) is 0 Å². The van der Waals surface area contributed by atoms with E-state index in [0.717, 1.165) is 0 Å². The summed E-state index contributed by atoms with van der Waals surface area (Å²) in [5.41, 5.74) is 6.26. The molecule has 0 bridgehead atoms. The van der Waals surface area contributed by atoms with Crippen molar-refractivity contribution < 1.29 is 48.0 Å². The Bertz CT molecular complexity index is 2090. The first-order chi connectivity index (χ1) is 24.3. The fourth-order valence-electron chi connectivity index (χ4n) is 6.83. The first kappa shape index (κ1) is 39.6. The van der Waals surface area contributed by atoms with Crippen LogP contribution in [0.5, 0.6) is 17.2 Å². The maximum atomic E-state index is 13.9. The number of allylic oxidation sites excluding steroid dienone is 2. The van der Waals surface area contributed by atoms with Crippen molar-refractivity contribution >= 4 is 41.3 Å².